The van der Waals surface area contributed by atoms with E-state index in [1.54, 1.807) is 6.33 Å². The van der Waals surface area contributed by atoms with E-state index in [0.29, 0.717) is 0 Å². The topological polar surface area (TPSA) is 49.7 Å². The number of allylic oxidation sites excluding steroid dienone is 2. The van der Waals surface area contributed by atoms with Crippen molar-refractivity contribution < 1.29 is 0 Å². The lowest BCUT2D eigenvalue weighted by atomic mass is 9.94. The van der Waals surface area contributed by atoms with Gasteiger partial charge < -0.3 is 9.55 Å². The zero-order chi connectivity index (χ0) is 15.0. The fourth-order valence-electron chi connectivity index (χ4n) is 3.13. The first-order valence-electron chi connectivity index (χ1n) is 8.20. The highest BCUT2D eigenvalue weighted by Crippen LogP contribution is 2.20. The minimum Gasteiger partial charge on any atom is -0.347 e. The Morgan fingerprint density at radius 1 is 1.32 bits per heavy atom. The van der Waals surface area contributed by atoms with Crippen LogP contribution in [0.25, 0.3) is 0 Å². The fourth-order valence-corrected chi connectivity index (χ4v) is 3.13. The van der Waals surface area contributed by atoms with E-state index >= 15 is 0 Å². The molecule has 0 radical (unpaired) electrons. The number of aryl methyl sites for hydroxylation is 1. The third-order valence-corrected chi connectivity index (χ3v) is 4.29. The highest BCUT2D eigenvalue weighted by molar-refractivity contribution is 4.95. The molecule has 5 heteroatoms. The van der Waals surface area contributed by atoms with Crippen LogP contribution in [0.1, 0.15) is 31.4 Å². The van der Waals surface area contributed by atoms with Crippen LogP contribution >= 0.6 is 0 Å². The molecule has 1 aliphatic rings. The Morgan fingerprint density at radius 3 is 3.05 bits per heavy atom. The molecule has 2 heterocycles. The highest BCUT2D eigenvalue weighted by Gasteiger charge is 2.15. The second kappa shape index (κ2) is 7.94. The third kappa shape index (κ3) is 4.56. The molecule has 0 unspecified atom stereocenters. The molecular weight excluding hydrogens is 274 g/mol. The number of aromatic amines is 1. The molecule has 118 valence electrons. The summed E-state index contributed by atoms with van der Waals surface area (Å²) in [5, 5.41) is 0. The average molecular weight is 299 g/mol. The lowest BCUT2D eigenvalue weighted by Crippen LogP contribution is -2.31. The van der Waals surface area contributed by atoms with E-state index in [0.717, 1.165) is 32.0 Å². The summed E-state index contributed by atoms with van der Waals surface area (Å²) in [7, 11) is 0. The molecule has 22 heavy (non-hydrogen) atoms. The quantitative estimate of drug-likeness (QED) is 0.763. The predicted octanol–water partition coefficient (Wildman–Crippen LogP) is 2.85. The van der Waals surface area contributed by atoms with Crippen LogP contribution in [0, 0.1) is 5.92 Å². The molecule has 2 aromatic rings. The minimum atomic E-state index is 0.793. The van der Waals surface area contributed by atoms with Crippen molar-refractivity contribution in [1.29, 1.82) is 0 Å². The Labute approximate surface area is 132 Å². The molecular formula is C17H25N5. The zero-order valence-corrected chi connectivity index (χ0v) is 13.1. The van der Waals surface area contributed by atoms with Crippen LogP contribution in [-0.4, -0.2) is 37.5 Å². The number of H-pyrrole nitrogens is 1. The van der Waals surface area contributed by atoms with Gasteiger partial charge in [0.2, 0.25) is 0 Å². The molecule has 0 saturated heterocycles. The van der Waals surface area contributed by atoms with Gasteiger partial charge in [0.1, 0.15) is 0 Å². The Hall–Kier alpha value is -1.88. The molecule has 5 nitrogen and oxygen atoms in total. The SMILES string of the molecule is C1=CC[C@H](CN(CCCn2ccnc2)Cc2cnc[nH]2)CC1. The predicted molar refractivity (Wildman–Crippen MR) is 87.2 cm³/mol. The van der Waals surface area contributed by atoms with Crippen molar-refractivity contribution in [3.63, 3.8) is 0 Å². The van der Waals surface area contributed by atoms with Crippen LogP contribution in [0.15, 0.2) is 43.4 Å². The molecule has 0 saturated carbocycles. The van der Waals surface area contributed by atoms with E-state index in [4.69, 9.17) is 0 Å². The summed E-state index contributed by atoms with van der Waals surface area (Å²) in [4.78, 5) is 14.0. The summed E-state index contributed by atoms with van der Waals surface area (Å²) in [5.41, 5.74) is 1.20. The molecule has 1 N–H and O–H groups in total. The van der Waals surface area contributed by atoms with Crippen molar-refractivity contribution in [3.05, 3.63) is 49.1 Å². The first-order chi connectivity index (χ1) is 10.9. The first kappa shape index (κ1) is 15.0. The number of imidazole rings is 2. The van der Waals surface area contributed by atoms with Crippen molar-refractivity contribution in [2.75, 3.05) is 13.1 Å². The molecule has 1 aliphatic carbocycles. The van der Waals surface area contributed by atoms with E-state index in [1.807, 2.05) is 24.9 Å². The van der Waals surface area contributed by atoms with Crippen molar-refractivity contribution in [3.8, 4) is 0 Å². The second-order valence-corrected chi connectivity index (χ2v) is 6.12. The summed E-state index contributed by atoms with van der Waals surface area (Å²) in [6.45, 7) is 4.28. The maximum atomic E-state index is 4.14. The molecule has 1 atom stereocenters. The zero-order valence-electron chi connectivity index (χ0n) is 13.1. The summed E-state index contributed by atoms with van der Waals surface area (Å²) in [6, 6.07) is 0. The Kier molecular flexibility index (Phi) is 5.42. The molecule has 0 fully saturated rings. The van der Waals surface area contributed by atoms with E-state index in [9.17, 15) is 0 Å². The molecule has 2 aromatic heterocycles. The second-order valence-electron chi connectivity index (χ2n) is 6.12. The Morgan fingerprint density at radius 2 is 2.32 bits per heavy atom. The van der Waals surface area contributed by atoms with E-state index < -0.39 is 0 Å². The van der Waals surface area contributed by atoms with E-state index in [-0.39, 0.29) is 0 Å². The van der Waals surface area contributed by atoms with Crippen LogP contribution in [0.2, 0.25) is 0 Å². The van der Waals surface area contributed by atoms with Crippen molar-refractivity contribution in [2.45, 2.75) is 38.8 Å². The third-order valence-electron chi connectivity index (χ3n) is 4.29. The van der Waals surface area contributed by atoms with Gasteiger partial charge in [0.25, 0.3) is 0 Å². The maximum absolute atomic E-state index is 4.14. The monoisotopic (exact) mass is 299 g/mol. The van der Waals surface area contributed by atoms with Crippen molar-refractivity contribution >= 4 is 0 Å². The van der Waals surface area contributed by atoms with Gasteiger partial charge in [0.05, 0.1) is 12.7 Å². The average Bonchev–Trinajstić information content (AvgIpc) is 3.22. The van der Waals surface area contributed by atoms with Gasteiger partial charge in [-0.05, 0) is 31.6 Å². The summed E-state index contributed by atoms with van der Waals surface area (Å²) < 4.78 is 2.15. The molecule has 3 rings (SSSR count). The van der Waals surface area contributed by atoms with Crippen LogP contribution < -0.4 is 0 Å². The largest absolute Gasteiger partial charge is 0.347 e. The molecule has 0 amide bonds. The number of nitrogens with one attached hydrogen (secondary N) is 1. The van der Waals surface area contributed by atoms with Gasteiger partial charge >= 0.3 is 0 Å². The number of rotatable bonds is 8. The standard InChI is InChI=1S/C17H25N5/c1-2-5-16(6-3-1)12-22(13-17-11-19-14-20-17)9-4-8-21-10-7-18-15-21/h1-2,7,10-11,14-16H,3-6,8-9,12-13H2,(H,19,20)/t16-/m0/s1. The van der Waals surface area contributed by atoms with Crippen LogP contribution in [0.5, 0.6) is 0 Å². The highest BCUT2D eigenvalue weighted by atomic mass is 15.1. The molecule has 0 spiro atoms. The summed E-state index contributed by atoms with van der Waals surface area (Å²) >= 11 is 0. The summed E-state index contributed by atoms with van der Waals surface area (Å²) in [6.07, 6.45) is 19.0. The van der Waals surface area contributed by atoms with Crippen molar-refractivity contribution in [2.24, 2.45) is 5.92 Å². The van der Waals surface area contributed by atoms with Crippen LogP contribution in [0.4, 0.5) is 0 Å². The fraction of sp³-hybridized carbons (Fsp3) is 0.529. The van der Waals surface area contributed by atoms with Gasteiger partial charge in [-0.1, -0.05) is 12.2 Å². The van der Waals surface area contributed by atoms with Gasteiger partial charge in [-0.15, -0.1) is 0 Å². The van der Waals surface area contributed by atoms with Gasteiger partial charge in [0.15, 0.2) is 0 Å². The van der Waals surface area contributed by atoms with Gasteiger partial charge in [-0.2, -0.15) is 0 Å². The normalized spacial score (nSPS) is 18.1. The Bertz CT molecular complexity index is 544. The first-order valence-corrected chi connectivity index (χ1v) is 8.20. The number of nitrogens with zero attached hydrogens (tertiary/aromatic N) is 4. The lowest BCUT2D eigenvalue weighted by Gasteiger charge is -2.28. The van der Waals surface area contributed by atoms with Gasteiger partial charge in [-0.3, -0.25) is 4.90 Å². The maximum Gasteiger partial charge on any atom is 0.0945 e. The smallest absolute Gasteiger partial charge is 0.0945 e. The van der Waals surface area contributed by atoms with Crippen LogP contribution in [0.3, 0.4) is 0 Å². The van der Waals surface area contributed by atoms with Gasteiger partial charge in [0, 0.05) is 50.5 Å². The summed E-state index contributed by atoms with van der Waals surface area (Å²) in [5.74, 6) is 0.793. The number of hydrogen-bond acceptors (Lipinski definition) is 3. The molecule has 0 bridgehead atoms. The van der Waals surface area contributed by atoms with Crippen molar-refractivity contribution in [1.82, 2.24) is 24.4 Å². The minimum absolute atomic E-state index is 0.793. The number of aromatic nitrogens is 4. The van der Waals surface area contributed by atoms with Crippen LogP contribution in [-0.2, 0) is 13.1 Å². The molecule has 0 aliphatic heterocycles. The lowest BCUT2D eigenvalue weighted by molar-refractivity contribution is 0.207. The van der Waals surface area contributed by atoms with Gasteiger partial charge in [-0.25, -0.2) is 9.97 Å². The van der Waals surface area contributed by atoms with E-state index in [2.05, 4.69) is 36.6 Å². The molecule has 0 aromatic carbocycles. The number of hydrogen-bond donors (Lipinski definition) is 1. The van der Waals surface area contributed by atoms with E-state index in [1.165, 1.54) is 31.5 Å². The Balaban J connectivity index is 1.51.